The zero-order valence-corrected chi connectivity index (χ0v) is 21.8. The molecule has 2 aromatic rings. The second kappa shape index (κ2) is 10.7. The van der Waals surface area contributed by atoms with E-state index < -0.39 is 79.2 Å². The molecule has 1 aromatic carbocycles. The van der Waals surface area contributed by atoms with Gasteiger partial charge in [-0.15, -0.1) is 0 Å². The molecular formula is C21H20F3N4O12P. The number of nitrogens with one attached hydrogen (secondary N) is 2. The molecule has 4 rings (SSSR count). The minimum Gasteiger partial charge on any atom is -0.457 e. The molecule has 41 heavy (non-hydrogen) atoms. The van der Waals surface area contributed by atoms with Crippen LogP contribution in [0, 0.1) is 10.1 Å². The average molecular weight is 608 g/mol. The number of hydrogen-bond acceptors (Lipinski definition) is 12. The van der Waals surface area contributed by atoms with Crippen molar-refractivity contribution < 1.29 is 55.3 Å². The van der Waals surface area contributed by atoms with Crippen LogP contribution in [0.1, 0.15) is 25.6 Å². The van der Waals surface area contributed by atoms with Gasteiger partial charge < -0.3 is 19.3 Å². The number of phosphoric ester groups is 1. The highest BCUT2D eigenvalue weighted by atomic mass is 31.2. The molecule has 1 fully saturated rings. The average Bonchev–Trinajstić information content (AvgIpc) is 3.12. The lowest BCUT2D eigenvalue weighted by Crippen LogP contribution is -2.61. The van der Waals surface area contributed by atoms with Gasteiger partial charge in [-0.2, -0.15) is 13.2 Å². The van der Waals surface area contributed by atoms with Crippen molar-refractivity contribution in [2.75, 3.05) is 6.61 Å². The molecule has 2 aliphatic heterocycles. The Morgan fingerprint density at radius 2 is 2.02 bits per heavy atom. The van der Waals surface area contributed by atoms with Gasteiger partial charge in [0.1, 0.15) is 17.4 Å². The van der Waals surface area contributed by atoms with Crippen LogP contribution < -0.4 is 21.1 Å². The number of benzene rings is 1. The molecule has 1 saturated heterocycles. The molecule has 0 bridgehead atoms. The Morgan fingerprint density at radius 1 is 1.32 bits per heavy atom. The predicted molar refractivity (Wildman–Crippen MR) is 125 cm³/mol. The molecule has 222 valence electrons. The number of carbonyl (C=O) groups excluding carboxylic acids is 2. The van der Waals surface area contributed by atoms with Crippen molar-refractivity contribution in [1.82, 2.24) is 14.9 Å². The molecule has 3 heterocycles. The summed E-state index contributed by atoms with van der Waals surface area (Å²) in [6.45, 7) is 0.617. The molecule has 16 nitrogen and oxygen atoms in total. The van der Waals surface area contributed by atoms with E-state index in [9.17, 15) is 47.0 Å². The van der Waals surface area contributed by atoms with E-state index in [1.807, 2.05) is 4.98 Å². The first kappa shape index (κ1) is 29.9. The van der Waals surface area contributed by atoms with Gasteiger partial charge in [0.15, 0.2) is 12.3 Å². The minimum atomic E-state index is -5.41. The second-order valence-electron chi connectivity index (χ2n) is 8.97. The summed E-state index contributed by atoms with van der Waals surface area (Å²) >= 11 is 0. The van der Waals surface area contributed by atoms with E-state index in [1.54, 1.807) is 5.32 Å². The van der Waals surface area contributed by atoms with E-state index in [4.69, 9.17) is 23.0 Å². The molecular weight excluding hydrogens is 588 g/mol. The molecule has 0 spiro atoms. The summed E-state index contributed by atoms with van der Waals surface area (Å²) in [4.78, 5) is 60.2. The summed E-state index contributed by atoms with van der Waals surface area (Å²) in [5, 5.41) is 12.7. The van der Waals surface area contributed by atoms with Gasteiger partial charge in [-0.3, -0.25) is 43.1 Å². The number of alkyl halides is 3. The molecule has 0 saturated carbocycles. The van der Waals surface area contributed by atoms with E-state index in [0.717, 1.165) is 44.3 Å². The number of phosphoric acid groups is 1. The third kappa shape index (κ3) is 6.17. The molecule has 20 heteroatoms. The van der Waals surface area contributed by atoms with Gasteiger partial charge in [0.2, 0.25) is 0 Å². The van der Waals surface area contributed by atoms with Gasteiger partial charge in [-0.25, -0.2) is 9.36 Å². The van der Waals surface area contributed by atoms with E-state index in [1.165, 1.54) is 0 Å². The Bertz CT molecular complexity index is 1560. The van der Waals surface area contributed by atoms with Crippen molar-refractivity contribution in [1.29, 1.82) is 0 Å². The lowest BCUT2D eigenvalue weighted by Gasteiger charge is -2.36. The van der Waals surface area contributed by atoms with E-state index >= 15 is 0 Å². The lowest BCUT2D eigenvalue weighted by molar-refractivity contribution is -0.385. The SMILES string of the molecule is CC(=O)O[C@@H]1[C@@H](COP2(=O)OCc3cc([N+](=O)[O-])ccc3O2)O[C@@H](n2ccc(=O)[nH]c2=O)[C@]1(C)NC(=O)C(F)(F)F. The monoisotopic (exact) mass is 608 g/mol. The molecule has 1 amide bonds. The number of nitrogens with zero attached hydrogens (tertiary/aromatic N) is 2. The number of carbonyl (C=O) groups is 2. The van der Waals surface area contributed by atoms with Crippen molar-refractivity contribution >= 4 is 25.4 Å². The Labute approximate surface area is 226 Å². The number of fused-ring (bicyclic) bond motifs is 1. The first-order valence-electron chi connectivity index (χ1n) is 11.4. The first-order valence-corrected chi connectivity index (χ1v) is 12.9. The summed E-state index contributed by atoms with van der Waals surface area (Å²) in [5.74, 6) is -3.57. The van der Waals surface area contributed by atoms with Gasteiger partial charge in [0.25, 0.3) is 11.2 Å². The van der Waals surface area contributed by atoms with Crippen LogP contribution in [0.2, 0.25) is 0 Å². The minimum absolute atomic E-state index is 0.0750. The number of esters is 1. The van der Waals surface area contributed by atoms with Crippen LogP contribution in [0.3, 0.4) is 0 Å². The van der Waals surface area contributed by atoms with Crippen LogP contribution >= 0.6 is 7.82 Å². The molecule has 2 aliphatic rings. The number of non-ortho nitro benzene ring substituents is 1. The van der Waals surface area contributed by atoms with Crippen molar-refractivity contribution in [2.24, 2.45) is 0 Å². The van der Waals surface area contributed by atoms with Crippen molar-refractivity contribution in [3.05, 3.63) is 67.0 Å². The summed E-state index contributed by atoms with van der Waals surface area (Å²) in [6.07, 6.45) is -9.75. The smallest absolute Gasteiger partial charge is 0.457 e. The Morgan fingerprint density at radius 3 is 2.63 bits per heavy atom. The summed E-state index contributed by atoms with van der Waals surface area (Å²) in [6, 6.07) is 4.21. The third-order valence-electron chi connectivity index (χ3n) is 6.02. The molecule has 1 unspecified atom stereocenters. The maximum atomic E-state index is 13.2. The van der Waals surface area contributed by atoms with Crippen molar-refractivity contribution in [2.45, 2.75) is 50.6 Å². The highest BCUT2D eigenvalue weighted by Crippen LogP contribution is 2.55. The van der Waals surface area contributed by atoms with Gasteiger partial charge >= 0.3 is 31.6 Å². The number of rotatable bonds is 7. The Hall–Kier alpha value is -4.06. The second-order valence-corrected chi connectivity index (χ2v) is 10.6. The molecule has 0 radical (unpaired) electrons. The Balaban J connectivity index is 1.65. The lowest BCUT2D eigenvalue weighted by atomic mass is 9.91. The van der Waals surface area contributed by atoms with Crippen LogP contribution in [0.15, 0.2) is 40.1 Å². The van der Waals surface area contributed by atoms with E-state index in [0.29, 0.717) is 4.57 Å². The zero-order chi connectivity index (χ0) is 30.3. The van der Waals surface area contributed by atoms with E-state index in [-0.39, 0.29) is 17.0 Å². The van der Waals surface area contributed by atoms with Crippen LogP contribution in [0.5, 0.6) is 5.75 Å². The molecule has 2 N–H and O–H groups in total. The maximum Gasteiger partial charge on any atom is 0.530 e. The largest absolute Gasteiger partial charge is 0.530 e. The van der Waals surface area contributed by atoms with Crippen LogP contribution in [-0.4, -0.2) is 56.9 Å². The number of aromatic nitrogens is 2. The summed E-state index contributed by atoms with van der Waals surface area (Å²) < 4.78 is 80.1. The number of halogens is 3. The molecule has 5 atom stereocenters. The number of H-pyrrole nitrogens is 1. The van der Waals surface area contributed by atoms with Gasteiger partial charge in [0, 0.05) is 36.9 Å². The number of nitro groups is 1. The highest BCUT2D eigenvalue weighted by Gasteiger charge is 2.60. The third-order valence-corrected chi connectivity index (χ3v) is 7.35. The summed E-state index contributed by atoms with van der Waals surface area (Å²) in [7, 11) is -4.48. The standard InChI is InChI=1S/C21H20F3N4O12P/c1-10(29)38-16-14(9-37-41(35)36-8-11-7-12(28(33)34)3-4-13(11)40-41)39-18(27-6-5-15(30)25-19(27)32)20(16,2)26-17(31)21(22,23)24/h3-7,14,16,18H,8-9H2,1-2H3,(H,26,31)(H,25,30,32)/t14-,16-,18-,20-,41?/m1/s1. The van der Waals surface area contributed by atoms with Crippen LogP contribution in [-0.2, 0) is 39.3 Å². The van der Waals surface area contributed by atoms with Gasteiger partial charge in [-0.1, -0.05) is 0 Å². The first-order chi connectivity index (χ1) is 19.0. The van der Waals surface area contributed by atoms with E-state index in [2.05, 4.69) is 0 Å². The number of nitro benzene ring substituents is 1. The Kier molecular flexibility index (Phi) is 7.83. The number of aromatic amines is 1. The van der Waals surface area contributed by atoms with Crippen molar-refractivity contribution in [3.63, 3.8) is 0 Å². The maximum absolute atomic E-state index is 13.2. The molecule has 0 aliphatic carbocycles. The highest BCUT2D eigenvalue weighted by molar-refractivity contribution is 7.49. The fraction of sp³-hybridized carbons (Fsp3) is 0.429. The normalized spacial score (nSPS) is 27.4. The summed E-state index contributed by atoms with van der Waals surface area (Å²) in [5.41, 5.74) is -4.43. The number of ether oxygens (including phenoxy) is 2. The predicted octanol–water partition coefficient (Wildman–Crippen LogP) is 1.44. The number of amides is 1. The topological polar surface area (TPSA) is 207 Å². The quantitative estimate of drug-likeness (QED) is 0.198. The fourth-order valence-electron chi connectivity index (χ4n) is 4.23. The number of hydrogen-bond donors (Lipinski definition) is 2. The van der Waals surface area contributed by atoms with Gasteiger partial charge in [-0.05, 0) is 13.0 Å². The van der Waals surface area contributed by atoms with Crippen molar-refractivity contribution in [3.8, 4) is 5.75 Å². The molecule has 1 aromatic heterocycles. The van der Waals surface area contributed by atoms with Crippen LogP contribution in [0.25, 0.3) is 0 Å². The van der Waals surface area contributed by atoms with Gasteiger partial charge in [0.05, 0.1) is 18.1 Å². The van der Waals surface area contributed by atoms with Crippen LogP contribution in [0.4, 0.5) is 18.9 Å². The zero-order valence-electron chi connectivity index (χ0n) is 20.9. The fourth-order valence-corrected chi connectivity index (χ4v) is 5.45.